The van der Waals surface area contributed by atoms with Crippen LogP contribution >= 0.6 is 0 Å². The fourth-order valence-corrected chi connectivity index (χ4v) is 3.45. The molecule has 0 bridgehead atoms. The maximum atomic E-state index is 4.37. The summed E-state index contributed by atoms with van der Waals surface area (Å²) in [4.78, 5) is 2.46. The first-order valence-electron chi connectivity index (χ1n) is 8.31. The third-order valence-corrected chi connectivity index (χ3v) is 4.51. The molecule has 1 aliphatic rings. The minimum atomic E-state index is 0.107. The lowest BCUT2D eigenvalue weighted by Crippen LogP contribution is -2.48. The molecule has 1 fully saturated rings. The van der Waals surface area contributed by atoms with Crippen molar-refractivity contribution in [3.8, 4) is 0 Å². The molecule has 4 heteroatoms. The Morgan fingerprint density at radius 3 is 2.33 bits per heavy atom. The predicted octanol–water partition coefficient (Wildman–Crippen LogP) is 3.37. The zero-order valence-electron chi connectivity index (χ0n) is 13.4. The van der Waals surface area contributed by atoms with Crippen molar-refractivity contribution >= 4 is 5.69 Å². The number of rotatable bonds is 3. The molecule has 1 aromatic heterocycles. The fraction of sp³-hybridized carbons (Fsp3) is 0.200. The van der Waals surface area contributed by atoms with Crippen LogP contribution in [0.2, 0.25) is 0 Å². The highest BCUT2D eigenvalue weighted by Crippen LogP contribution is 2.38. The highest BCUT2D eigenvalue weighted by Gasteiger charge is 2.34. The van der Waals surface area contributed by atoms with E-state index in [1.54, 1.807) is 6.20 Å². The van der Waals surface area contributed by atoms with Crippen molar-refractivity contribution in [2.24, 2.45) is 0 Å². The van der Waals surface area contributed by atoms with E-state index < -0.39 is 0 Å². The summed E-state index contributed by atoms with van der Waals surface area (Å²) in [6, 6.07) is 25.5. The Balaban J connectivity index is 1.79. The number of nitrogens with one attached hydrogen (secondary N) is 1. The third kappa shape index (κ3) is 2.88. The number of nitrogens with zero attached hydrogens (tertiary/aromatic N) is 3. The molecule has 4 rings (SSSR count). The third-order valence-electron chi connectivity index (χ3n) is 4.51. The maximum Gasteiger partial charge on any atom is 0.0825 e. The van der Waals surface area contributed by atoms with Crippen LogP contribution in [-0.4, -0.2) is 23.3 Å². The van der Waals surface area contributed by atoms with Gasteiger partial charge in [-0.15, -0.1) is 0 Å². The largest absolute Gasteiger partial charge is 0.361 e. The zero-order valence-corrected chi connectivity index (χ0v) is 13.4. The van der Waals surface area contributed by atoms with E-state index in [1.165, 1.54) is 11.3 Å². The molecule has 1 saturated heterocycles. The molecule has 0 radical (unpaired) electrons. The summed E-state index contributed by atoms with van der Waals surface area (Å²) in [5.74, 6) is 0. The molecule has 2 aromatic carbocycles. The van der Waals surface area contributed by atoms with Gasteiger partial charge in [0.2, 0.25) is 0 Å². The molecule has 1 aliphatic heterocycles. The number of hydrogen-bond acceptors (Lipinski definition) is 4. The van der Waals surface area contributed by atoms with Crippen molar-refractivity contribution in [1.82, 2.24) is 15.5 Å². The van der Waals surface area contributed by atoms with Crippen molar-refractivity contribution in [2.75, 3.05) is 18.0 Å². The smallest absolute Gasteiger partial charge is 0.0825 e. The maximum absolute atomic E-state index is 4.37. The molecule has 0 spiro atoms. The Morgan fingerprint density at radius 2 is 1.62 bits per heavy atom. The van der Waals surface area contributed by atoms with Gasteiger partial charge in [-0.3, -0.25) is 0 Å². The quantitative estimate of drug-likeness (QED) is 0.804. The van der Waals surface area contributed by atoms with Gasteiger partial charge in [-0.1, -0.05) is 48.5 Å². The van der Waals surface area contributed by atoms with Crippen LogP contribution in [0.5, 0.6) is 0 Å². The summed E-state index contributed by atoms with van der Waals surface area (Å²) in [5.41, 5.74) is 3.50. The van der Waals surface area contributed by atoms with Crippen LogP contribution in [0.1, 0.15) is 23.3 Å². The van der Waals surface area contributed by atoms with Gasteiger partial charge in [-0.05, 0) is 29.8 Å². The van der Waals surface area contributed by atoms with Crippen molar-refractivity contribution in [1.29, 1.82) is 0 Å². The minimum Gasteiger partial charge on any atom is -0.361 e. The second-order valence-electron chi connectivity index (χ2n) is 5.96. The lowest BCUT2D eigenvalue weighted by Gasteiger charge is -2.43. The van der Waals surface area contributed by atoms with Crippen molar-refractivity contribution in [3.63, 3.8) is 0 Å². The number of anilines is 1. The first-order valence-corrected chi connectivity index (χ1v) is 8.31. The van der Waals surface area contributed by atoms with E-state index in [2.05, 4.69) is 87.1 Å². The average Bonchev–Trinajstić information content (AvgIpc) is 2.69. The van der Waals surface area contributed by atoms with Crippen molar-refractivity contribution in [2.45, 2.75) is 12.1 Å². The van der Waals surface area contributed by atoms with Gasteiger partial charge in [0, 0.05) is 25.0 Å². The van der Waals surface area contributed by atoms with Crippen LogP contribution < -0.4 is 10.2 Å². The molecule has 4 nitrogen and oxygen atoms in total. The standard InChI is InChI=1S/C20H20N4/c1-3-8-16(9-4-1)20-19(18-12-7-13-22-23-18)21-14-15-24(20)17-10-5-2-6-11-17/h1-13,19-21H,14-15H2. The van der Waals surface area contributed by atoms with Gasteiger partial charge in [0.25, 0.3) is 0 Å². The summed E-state index contributed by atoms with van der Waals surface area (Å²) < 4.78 is 0. The number of benzene rings is 2. The summed E-state index contributed by atoms with van der Waals surface area (Å²) in [6.45, 7) is 1.87. The molecule has 24 heavy (non-hydrogen) atoms. The molecule has 1 N–H and O–H groups in total. The number of para-hydroxylation sites is 1. The summed E-state index contributed by atoms with van der Waals surface area (Å²) >= 11 is 0. The minimum absolute atomic E-state index is 0.107. The van der Waals surface area contributed by atoms with Crippen molar-refractivity contribution in [3.05, 3.63) is 90.3 Å². The topological polar surface area (TPSA) is 41.1 Å². The van der Waals surface area contributed by atoms with E-state index in [1.807, 2.05) is 6.07 Å². The Hall–Kier alpha value is -2.72. The summed E-state index contributed by atoms with van der Waals surface area (Å²) in [7, 11) is 0. The van der Waals surface area contributed by atoms with Crippen LogP contribution in [0.15, 0.2) is 79.0 Å². The SMILES string of the molecule is c1ccc(C2C(c3cccnn3)NCCN2c2ccccc2)cc1. The Labute approximate surface area is 142 Å². The summed E-state index contributed by atoms with van der Waals surface area (Å²) in [5, 5.41) is 12.1. The van der Waals surface area contributed by atoms with Gasteiger partial charge < -0.3 is 10.2 Å². The first kappa shape index (κ1) is 14.8. The first-order chi connectivity index (χ1) is 11.9. The lowest BCUT2D eigenvalue weighted by molar-refractivity contribution is 0.371. The number of piperazine rings is 1. The molecule has 0 saturated carbocycles. The van der Waals surface area contributed by atoms with E-state index in [-0.39, 0.29) is 12.1 Å². The van der Waals surface area contributed by atoms with E-state index in [0.29, 0.717) is 0 Å². The van der Waals surface area contributed by atoms with E-state index in [0.717, 1.165) is 18.8 Å². The van der Waals surface area contributed by atoms with Crippen LogP contribution in [-0.2, 0) is 0 Å². The van der Waals surface area contributed by atoms with Crippen LogP contribution in [0.4, 0.5) is 5.69 Å². The Morgan fingerprint density at radius 1 is 0.875 bits per heavy atom. The molecule has 2 heterocycles. The molecule has 0 aliphatic carbocycles. The molecular formula is C20H20N4. The van der Waals surface area contributed by atoms with Gasteiger partial charge in [-0.25, -0.2) is 0 Å². The number of aromatic nitrogens is 2. The monoisotopic (exact) mass is 316 g/mol. The highest BCUT2D eigenvalue weighted by atomic mass is 15.3. The normalized spacial score (nSPS) is 20.8. The van der Waals surface area contributed by atoms with Gasteiger partial charge in [-0.2, -0.15) is 10.2 Å². The van der Waals surface area contributed by atoms with Crippen LogP contribution in [0.25, 0.3) is 0 Å². The van der Waals surface area contributed by atoms with Crippen molar-refractivity contribution < 1.29 is 0 Å². The second-order valence-corrected chi connectivity index (χ2v) is 5.96. The Bertz CT molecular complexity index is 714. The van der Waals surface area contributed by atoms with Crippen LogP contribution in [0, 0.1) is 0 Å². The molecule has 0 amide bonds. The molecule has 120 valence electrons. The molecule has 2 atom stereocenters. The van der Waals surface area contributed by atoms with Gasteiger partial charge in [0.15, 0.2) is 0 Å². The van der Waals surface area contributed by atoms with Gasteiger partial charge >= 0.3 is 0 Å². The van der Waals surface area contributed by atoms with Gasteiger partial charge in [0.1, 0.15) is 0 Å². The van der Waals surface area contributed by atoms with Crippen LogP contribution in [0.3, 0.4) is 0 Å². The Kier molecular flexibility index (Phi) is 4.21. The zero-order chi connectivity index (χ0) is 16.2. The van der Waals surface area contributed by atoms with E-state index in [9.17, 15) is 0 Å². The average molecular weight is 316 g/mol. The van der Waals surface area contributed by atoms with E-state index >= 15 is 0 Å². The molecule has 2 unspecified atom stereocenters. The fourth-order valence-electron chi connectivity index (χ4n) is 3.45. The molecule has 3 aromatic rings. The number of hydrogen-bond donors (Lipinski definition) is 1. The predicted molar refractivity (Wildman–Crippen MR) is 95.7 cm³/mol. The van der Waals surface area contributed by atoms with Gasteiger partial charge in [0.05, 0.1) is 17.8 Å². The van der Waals surface area contributed by atoms with E-state index in [4.69, 9.17) is 0 Å². The second kappa shape index (κ2) is 6.81. The molecular weight excluding hydrogens is 296 g/mol. The summed E-state index contributed by atoms with van der Waals surface area (Å²) in [6.07, 6.45) is 1.72. The lowest BCUT2D eigenvalue weighted by atomic mass is 9.92. The highest BCUT2D eigenvalue weighted by molar-refractivity contribution is 5.50.